The highest BCUT2D eigenvalue weighted by atomic mass is 35.5. The van der Waals surface area contributed by atoms with Crippen LogP contribution >= 0.6 is 23.4 Å². The summed E-state index contributed by atoms with van der Waals surface area (Å²) in [6, 6.07) is 7.35. The number of aromatic carboxylic acids is 1. The molecule has 2 amide bonds. The minimum atomic E-state index is -1.11. The maximum atomic E-state index is 12.5. The van der Waals surface area contributed by atoms with E-state index in [0.717, 1.165) is 11.3 Å². The molecule has 0 bridgehead atoms. The van der Waals surface area contributed by atoms with Gasteiger partial charge in [0.1, 0.15) is 18.1 Å². The number of carbonyl (C=O) groups excluding carboxylic acids is 3. The van der Waals surface area contributed by atoms with Gasteiger partial charge in [0, 0.05) is 11.6 Å². The Hall–Kier alpha value is -3.04. The minimum absolute atomic E-state index is 0.0456. The van der Waals surface area contributed by atoms with Gasteiger partial charge in [-0.25, -0.2) is 4.79 Å². The van der Waals surface area contributed by atoms with Crippen molar-refractivity contribution in [3.8, 4) is 11.3 Å². The van der Waals surface area contributed by atoms with Crippen LogP contribution in [0.15, 0.2) is 39.7 Å². The van der Waals surface area contributed by atoms with Crippen LogP contribution in [0.5, 0.6) is 0 Å². The average Bonchev–Trinajstić information content (AvgIpc) is 3.28. The van der Waals surface area contributed by atoms with Crippen molar-refractivity contribution in [3.63, 3.8) is 0 Å². The number of carbonyl (C=O) groups is 4. The number of amides is 2. The predicted molar refractivity (Wildman–Crippen MR) is 115 cm³/mol. The van der Waals surface area contributed by atoms with E-state index in [0.29, 0.717) is 34.5 Å². The fourth-order valence-corrected chi connectivity index (χ4v) is 3.72. The van der Waals surface area contributed by atoms with Gasteiger partial charge in [0.2, 0.25) is 0 Å². The number of hydrogen-bond acceptors (Lipinski definition) is 7. The molecule has 1 N–H and O–H groups in total. The van der Waals surface area contributed by atoms with Gasteiger partial charge in [-0.15, -0.1) is 0 Å². The minimum Gasteiger partial charge on any atom is -0.478 e. The molecule has 1 aromatic heterocycles. The van der Waals surface area contributed by atoms with Crippen LogP contribution in [-0.2, 0) is 14.3 Å². The molecule has 0 saturated carbocycles. The number of benzene rings is 1. The molecule has 3 rings (SSSR count). The molecule has 8 nitrogen and oxygen atoms in total. The number of esters is 1. The third-order valence-corrected chi connectivity index (χ3v) is 5.54. The smallest absolute Gasteiger partial charge is 0.335 e. The molecule has 1 fully saturated rings. The standard InChI is InChI=1S/C21H18ClNO7S/c1-2-3-8-29-18(24)11-23-19(25)17(31-21(23)28)10-13-5-7-16(30-13)14-9-12(20(26)27)4-6-15(14)22/h4-7,9-10H,2-3,8,11H2,1H3,(H,26,27)/b17-10-. The van der Waals surface area contributed by atoms with Crippen LogP contribution in [0.2, 0.25) is 5.02 Å². The number of rotatable bonds is 8. The van der Waals surface area contributed by atoms with E-state index in [1.54, 1.807) is 12.1 Å². The van der Waals surface area contributed by atoms with E-state index in [-0.39, 0.29) is 22.8 Å². The van der Waals surface area contributed by atoms with Crippen LogP contribution in [0.25, 0.3) is 17.4 Å². The molecule has 10 heteroatoms. The zero-order valence-electron chi connectivity index (χ0n) is 16.4. The van der Waals surface area contributed by atoms with E-state index in [1.165, 1.54) is 24.3 Å². The maximum Gasteiger partial charge on any atom is 0.335 e. The summed E-state index contributed by atoms with van der Waals surface area (Å²) in [5.41, 5.74) is 0.424. The Morgan fingerprint density at radius 1 is 1.26 bits per heavy atom. The highest BCUT2D eigenvalue weighted by molar-refractivity contribution is 8.18. The number of thioether (sulfide) groups is 1. The Kier molecular flexibility index (Phi) is 7.19. The molecular formula is C21H18ClNO7S. The summed E-state index contributed by atoms with van der Waals surface area (Å²) in [4.78, 5) is 48.6. The second kappa shape index (κ2) is 9.84. The van der Waals surface area contributed by atoms with Crippen molar-refractivity contribution in [1.82, 2.24) is 4.90 Å². The van der Waals surface area contributed by atoms with Crippen LogP contribution < -0.4 is 0 Å². The number of imide groups is 1. The Balaban J connectivity index is 1.75. The van der Waals surface area contributed by atoms with Crippen molar-refractivity contribution < 1.29 is 33.4 Å². The van der Waals surface area contributed by atoms with E-state index in [4.69, 9.17) is 25.9 Å². The van der Waals surface area contributed by atoms with Crippen molar-refractivity contribution in [2.45, 2.75) is 19.8 Å². The van der Waals surface area contributed by atoms with Crippen LogP contribution in [0.4, 0.5) is 4.79 Å². The summed E-state index contributed by atoms with van der Waals surface area (Å²) in [7, 11) is 0. The zero-order valence-corrected chi connectivity index (χ0v) is 18.0. The first-order valence-electron chi connectivity index (χ1n) is 9.34. The van der Waals surface area contributed by atoms with Gasteiger partial charge in [0.15, 0.2) is 0 Å². The van der Waals surface area contributed by atoms with Crippen molar-refractivity contribution in [2.24, 2.45) is 0 Å². The molecule has 0 unspecified atom stereocenters. The lowest BCUT2D eigenvalue weighted by atomic mass is 10.1. The topological polar surface area (TPSA) is 114 Å². The van der Waals surface area contributed by atoms with Gasteiger partial charge in [-0.05, 0) is 48.5 Å². The number of furan rings is 1. The Labute approximate surface area is 186 Å². The van der Waals surface area contributed by atoms with Crippen molar-refractivity contribution in [2.75, 3.05) is 13.2 Å². The summed E-state index contributed by atoms with van der Waals surface area (Å²) in [5.74, 6) is -1.80. The average molecular weight is 464 g/mol. The first kappa shape index (κ1) is 22.6. The monoisotopic (exact) mass is 463 g/mol. The Morgan fingerprint density at radius 3 is 2.74 bits per heavy atom. The highest BCUT2D eigenvalue weighted by Gasteiger charge is 2.37. The fourth-order valence-electron chi connectivity index (χ4n) is 2.69. The number of carboxylic acids is 1. The lowest BCUT2D eigenvalue weighted by Crippen LogP contribution is -2.34. The summed E-state index contributed by atoms with van der Waals surface area (Å²) in [6.45, 7) is 1.74. The molecule has 2 heterocycles. The van der Waals surface area contributed by atoms with Crippen molar-refractivity contribution in [1.29, 1.82) is 0 Å². The number of ether oxygens (including phenoxy) is 1. The number of unbranched alkanes of at least 4 members (excludes halogenated alkanes) is 1. The van der Waals surface area contributed by atoms with Crippen LogP contribution in [0.3, 0.4) is 0 Å². The number of hydrogen-bond donors (Lipinski definition) is 1. The molecule has 2 aromatic rings. The molecular weight excluding hydrogens is 446 g/mol. The maximum absolute atomic E-state index is 12.5. The van der Waals surface area contributed by atoms with Gasteiger partial charge in [-0.3, -0.25) is 19.3 Å². The fraction of sp³-hybridized carbons (Fsp3) is 0.238. The van der Waals surface area contributed by atoms with E-state index < -0.39 is 29.6 Å². The Morgan fingerprint density at radius 2 is 2.03 bits per heavy atom. The van der Waals surface area contributed by atoms with Crippen LogP contribution in [0, 0.1) is 0 Å². The van der Waals surface area contributed by atoms with E-state index in [9.17, 15) is 19.2 Å². The first-order valence-corrected chi connectivity index (χ1v) is 10.5. The number of halogens is 1. The Bertz CT molecular complexity index is 1080. The van der Waals surface area contributed by atoms with Gasteiger partial charge >= 0.3 is 11.9 Å². The van der Waals surface area contributed by atoms with Gasteiger partial charge < -0.3 is 14.3 Å². The molecule has 0 aliphatic carbocycles. The SMILES string of the molecule is CCCCOC(=O)CN1C(=O)S/C(=C\c2ccc(-c3cc(C(=O)O)ccc3Cl)o2)C1=O. The largest absolute Gasteiger partial charge is 0.478 e. The highest BCUT2D eigenvalue weighted by Crippen LogP contribution is 2.35. The van der Waals surface area contributed by atoms with Gasteiger partial charge in [-0.2, -0.15) is 0 Å². The first-order chi connectivity index (χ1) is 14.8. The number of nitrogens with zero attached hydrogens (tertiary/aromatic N) is 1. The number of carboxylic acid groups (broad SMARTS) is 1. The lowest BCUT2D eigenvalue weighted by molar-refractivity contribution is -0.146. The molecule has 0 radical (unpaired) electrons. The lowest BCUT2D eigenvalue weighted by Gasteiger charge is -2.11. The molecule has 0 atom stereocenters. The van der Waals surface area contributed by atoms with E-state index in [1.807, 2.05) is 6.92 Å². The van der Waals surface area contributed by atoms with Crippen molar-refractivity contribution in [3.05, 3.63) is 51.6 Å². The molecule has 1 aliphatic heterocycles. The summed E-state index contributed by atoms with van der Waals surface area (Å²) in [5, 5.41) is 8.87. The van der Waals surface area contributed by atoms with E-state index in [2.05, 4.69) is 0 Å². The third kappa shape index (κ3) is 5.36. The van der Waals surface area contributed by atoms with Crippen LogP contribution in [0.1, 0.15) is 35.9 Å². The quantitative estimate of drug-likeness (QED) is 0.341. The molecule has 162 valence electrons. The summed E-state index contributed by atoms with van der Waals surface area (Å²) < 4.78 is 10.7. The molecule has 31 heavy (non-hydrogen) atoms. The van der Waals surface area contributed by atoms with Gasteiger partial charge in [0.05, 0.1) is 22.1 Å². The molecule has 1 aromatic carbocycles. The second-order valence-electron chi connectivity index (χ2n) is 6.54. The zero-order chi connectivity index (χ0) is 22.5. The summed E-state index contributed by atoms with van der Waals surface area (Å²) >= 11 is 6.84. The molecule has 0 spiro atoms. The summed E-state index contributed by atoms with van der Waals surface area (Å²) in [6.07, 6.45) is 2.94. The normalized spacial score (nSPS) is 15.0. The second-order valence-corrected chi connectivity index (χ2v) is 7.94. The van der Waals surface area contributed by atoms with E-state index >= 15 is 0 Å². The molecule has 1 aliphatic rings. The van der Waals surface area contributed by atoms with Gasteiger partial charge in [0.25, 0.3) is 11.1 Å². The van der Waals surface area contributed by atoms with Gasteiger partial charge in [-0.1, -0.05) is 24.9 Å². The van der Waals surface area contributed by atoms with Crippen molar-refractivity contribution >= 4 is 52.5 Å². The predicted octanol–water partition coefficient (Wildman–Crippen LogP) is 4.68. The third-order valence-electron chi connectivity index (χ3n) is 4.30. The van der Waals surface area contributed by atoms with Crippen LogP contribution in [-0.4, -0.2) is 46.2 Å². The molecule has 1 saturated heterocycles.